The summed E-state index contributed by atoms with van der Waals surface area (Å²) in [4.78, 5) is 11.6. The molecule has 1 saturated carbocycles. The lowest BCUT2D eigenvalue weighted by Gasteiger charge is -2.24. The molecule has 1 aromatic carbocycles. The first-order valence-corrected chi connectivity index (χ1v) is 6.55. The molecule has 0 aliphatic heterocycles. The fourth-order valence-electron chi connectivity index (χ4n) is 2.07. The highest BCUT2D eigenvalue weighted by Crippen LogP contribution is 2.28. The Kier molecular flexibility index (Phi) is 4.40. The van der Waals surface area contributed by atoms with Crippen LogP contribution in [-0.2, 0) is 4.79 Å². The summed E-state index contributed by atoms with van der Waals surface area (Å²) >= 11 is 0. The van der Waals surface area contributed by atoms with Crippen LogP contribution < -0.4 is 11.1 Å². The Hall–Kier alpha value is -1.77. The van der Waals surface area contributed by atoms with Gasteiger partial charge in [-0.05, 0) is 36.1 Å². The van der Waals surface area contributed by atoms with Gasteiger partial charge in [-0.3, -0.25) is 4.79 Å². The van der Waals surface area contributed by atoms with Crippen LogP contribution >= 0.6 is 0 Å². The van der Waals surface area contributed by atoms with Crippen molar-refractivity contribution in [2.45, 2.75) is 25.7 Å². The van der Waals surface area contributed by atoms with Crippen LogP contribution in [-0.4, -0.2) is 12.5 Å². The topological polar surface area (TPSA) is 55.1 Å². The minimum absolute atomic E-state index is 0.0308. The summed E-state index contributed by atoms with van der Waals surface area (Å²) in [5.41, 5.74) is 7.32. The van der Waals surface area contributed by atoms with Crippen LogP contribution in [0.4, 0.5) is 5.69 Å². The van der Waals surface area contributed by atoms with Gasteiger partial charge >= 0.3 is 0 Å². The first kappa shape index (κ1) is 12.7. The second-order valence-electron chi connectivity index (χ2n) is 4.88. The Morgan fingerprint density at radius 1 is 1.44 bits per heavy atom. The van der Waals surface area contributed by atoms with Gasteiger partial charge in [0.15, 0.2) is 0 Å². The highest BCUT2D eigenvalue weighted by atomic mass is 16.1. The third-order valence-electron chi connectivity index (χ3n) is 3.41. The minimum atomic E-state index is -0.0308. The second kappa shape index (κ2) is 6.24. The van der Waals surface area contributed by atoms with Crippen molar-refractivity contribution in [3.8, 4) is 0 Å². The van der Waals surface area contributed by atoms with E-state index in [1.807, 2.05) is 24.3 Å². The number of nitrogen functional groups attached to an aromatic ring is 1. The quantitative estimate of drug-likeness (QED) is 0.618. The van der Waals surface area contributed by atoms with E-state index in [0.717, 1.165) is 24.4 Å². The number of benzene rings is 1. The van der Waals surface area contributed by atoms with E-state index < -0.39 is 0 Å². The highest BCUT2D eigenvalue weighted by molar-refractivity contribution is 5.91. The summed E-state index contributed by atoms with van der Waals surface area (Å²) in [7, 11) is 0. The standard InChI is InChI=1S/C15H20N2O/c16-14-6-2-5-13(11-14)7-8-15(18)17-10-9-12-3-1-4-12/h2,5-8,11-12H,1,3-4,9-10,16H2,(H,17,18)/b8-7+. The molecule has 0 unspecified atom stereocenters. The van der Waals surface area contributed by atoms with Gasteiger partial charge in [0.25, 0.3) is 0 Å². The molecule has 0 spiro atoms. The number of carbonyl (C=O) groups excluding carboxylic acids is 1. The average Bonchev–Trinajstić information content (AvgIpc) is 2.30. The first-order valence-electron chi connectivity index (χ1n) is 6.55. The minimum Gasteiger partial charge on any atom is -0.399 e. The van der Waals surface area contributed by atoms with Crippen LogP contribution in [0.3, 0.4) is 0 Å². The zero-order valence-electron chi connectivity index (χ0n) is 10.6. The van der Waals surface area contributed by atoms with E-state index in [0.29, 0.717) is 5.69 Å². The van der Waals surface area contributed by atoms with Crippen molar-refractivity contribution in [3.63, 3.8) is 0 Å². The molecule has 0 bridgehead atoms. The summed E-state index contributed by atoms with van der Waals surface area (Å²) in [6.07, 6.45) is 8.47. The van der Waals surface area contributed by atoms with Crippen LogP contribution in [0.2, 0.25) is 0 Å². The molecule has 0 aromatic heterocycles. The molecule has 18 heavy (non-hydrogen) atoms. The Morgan fingerprint density at radius 2 is 2.28 bits per heavy atom. The smallest absolute Gasteiger partial charge is 0.243 e. The predicted molar refractivity (Wildman–Crippen MR) is 74.9 cm³/mol. The third-order valence-corrected chi connectivity index (χ3v) is 3.41. The maximum atomic E-state index is 11.6. The van der Waals surface area contributed by atoms with Crippen molar-refractivity contribution >= 4 is 17.7 Å². The molecule has 96 valence electrons. The number of nitrogens with two attached hydrogens (primary N) is 1. The van der Waals surface area contributed by atoms with E-state index in [1.165, 1.54) is 19.3 Å². The van der Waals surface area contributed by atoms with E-state index in [9.17, 15) is 4.79 Å². The summed E-state index contributed by atoms with van der Waals surface area (Å²) in [5, 5.41) is 2.91. The molecule has 1 fully saturated rings. The van der Waals surface area contributed by atoms with E-state index >= 15 is 0 Å². The number of amides is 1. The van der Waals surface area contributed by atoms with Gasteiger partial charge in [0.05, 0.1) is 0 Å². The summed E-state index contributed by atoms with van der Waals surface area (Å²) < 4.78 is 0. The predicted octanol–water partition coefficient (Wildman–Crippen LogP) is 2.59. The maximum Gasteiger partial charge on any atom is 0.243 e. The highest BCUT2D eigenvalue weighted by Gasteiger charge is 2.16. The molecule has 3 N–H and O–H groups in total. The molecule has 3 nitrogen and oxygen atoms in total. The van der Waals surface area contributed by atoms with Gasteiger partial charge in [0.2, 0.25) is 5.91 Å². The number of carbonyl (C=O) groups is 1. The van der Waals surface area contributed by atoms with E-state index in [2.05, 4.69) is 5.32 Å². The SMILES string of the molecule is Nc1cccc(/C=C/C(=O)NCCC2CCC2)c1. The third kappa shape index (κ3) is 3.91. The molecule has 1 aliphatic carbocycles. The number of hydrogen-bond donors (Lipinski definition) is 2. The van der Waals surface area contributed by atoms with Gasteiger partial charge in [-0.2, -0.15) is 0 Å². The lowest BCUT2D eigenvalue weighted by atomic mass is 9.83. The Labute approximate surface area is 108 Å². The van der Waals surface area contributed by atoms with Crippen LogP contribution in [0.25, 0.3) is 6.08 Å². The Morgan fingerprint density at radius 3 is 2.94 bits per heavy atom. The van der Waals surface area contributed by atoms with Crippen molar-refractivity contribution < 1.29 is 4.79 Å². The molecule has 0 saturated heterocycles. The fraction of sp³-hybridized carbons (Fsp3) is 0.400. The van der Waals surface area contributed by atoms with Crippen molar-refractivity contribution in [2.24, 2.45) is 5.92 Å². The molecular formula is C15H20N2O. The van der Waals surface area contributed by atoms with Crippen molar-refractivity contribution in [1.82, 2.24) is 5.32 Å². The molecule has 0 heterocycles. The zero-order valence-corrected chi connectivity index (χ0v) is 10.6. The van der Waals surface area contributed by atoms with Gasteiger partial charge in [0.1, 0.15) is 0 Å². The molecule has 3 heteroatoms. The molecule has 1 aromatic rings. The number of nitrogens with one attached hydrogen (secondary N) is 1. The summed E-state index contributed by atoms with van der Waals surface area (Å²) in [6.45, 7) is 0.783. The average molecular weight is 244 g/mol. The number of anilines is 1. The van der Waals surface area contributed by atoms with Crippen LogP contribution in [0.15, 0.2) is 30.3 Å². The van der Waals surface area contributed by atoms with Crippen LogP contribution in [0.1, 0.15) is 31.2 Å². The Bertz CT molecular complexity index is 436. The zero-order chi connectivity index (χ0) is 12.8. The molecule has 1 aliphatic rings. The molecule has 2 rings (SSSR count). The van der Waals surface area contributed by atoms with Gasteiger partial charge in [-0.25, -0.2) is 0 Å². The number of hydrogen-bond acceptors (Lipinski definition) is 2. The van der Waals surface area contributed by atoms with Gasteiger partial charge < -0.3 is 11.1 Å². The molecule has 0 atom stereocenters. The number of rotatable bonds is 5. The molecule has 1 amide bonds. The molecular weight excluding hydrogens is 224 g/mol. The molecule has 0 radical (unpaired) electrons. The lowest BCUT2D eigenvalue weighted by molar-refractivity contribution is -0.116. The Balaban J connectivity index is 1.72. The van der Waals surface area contributed by atoms with Gasteiger partial charge in [-0.15, -0.1) is 0 Å². The van der Waals surface area contributed by atoms with Crippen LogP contribution in [0, 0.1) is 5.92 Å². The van der Waals surface area contributed by atoms with E-state index in [-0.39, 0.29) is 5.91 Å². The van der Waals surface area contributed by atoms with Crippen LogP contribution in [0.5, 0.6) is 0 Å². The van der Waals surface area contributed by atoms with Crippen molar-refractivity contribution in [1.29, 1.82) is 0 Å². The summed E-state index contributed by atoms with van der Waals surface area (Å²) in [5.74, 6) is 0.806. The van der Waals surface area contributed by atoms with Crippen molar-refractivity contribution in [3.05, 3.63) is 35.9 Å². The fourth-order valence-corrected chi connectivity index (χ4v) is 2.07. The first-order chi connectivity index (χ1) is 8.74. The summed E-state index contributed by atoms with van der Waals surface area (Å²) in [6, 6.07) is 7.48. The van der Waals surface area contributed by atoms with Gasteiger partial charge in [-0.1, -0.05) is 31.4 Å². The second-order valence-corrected chi connectivity index (χ2v) is 4.88. The maximum absolute atomic E-state index is 11.6. The van der Waals surface area contributed by atoms with Crippen molar-refractivity contribution in [2.75, 3.05) is 12.3 Å². The lowest BCUT2D eigenvalue weighted by Crippen LogP contribution is -2.25. The largest absolute Gasteiger partial charge is 0.399 e. The monoisotopic (exact) mass is 244 g/mol. The van der Waals surface area contributed by atoms with E-state index in [4.69, 9.17) is 5.73 Å². The van der Waals surface area contributed by atoms with E-state index in [1.54, 1.807) is 12.2 Å². The normalized spacial score (nSPS) is 15.6. The van der Waals surface area contributed by atoms with Gasteiger partial charge in [0, 0.05) is 18.3 Å².